The van der Waals surface area contributed by atoms with E-state index in [4.69, 9.17) is 4.98 Å². The summed E-state index contributed by atoms with van der Waals surface area (Å²) in [4.78, 5) is 4.86. The fourth-order valence-electron chi connectivity index (χ4n) is 5.10. The fraction of sp³-hybridized carbons (Fsp3) is 0.0741. The molecule has 148 valence electrons. The van der Waals surface area contributed by atoms with Crippen molar-refractivity contribution in [3.63, 3.8) is 0 Å². The van der Waals surface area contributed by atoms with Crippen LogP contribution in [0.5, 0.6) is 0 Å². The van der Waals surface area contributed by atoms with Gasteiger partial charge in [0.05, 0.1) is 22.1 Å². The first-order valence-electron chi connectivity index (χ1n) is 10.5. The highest BCUT2D eigenvalue weighted by Crippen LogP contribution is 2.34. The average molecular weight is 400 g/mol. The molecule has 4 nitrogen and oxygen atoms in total. The maximum absolute atomic E-state index is 4.86. The molecule has 0 bridgehead atoms. The van der Waals surface area contributed by atoms with Gasteiger partial charge in [-0.1, -0.05) is 42.5 Å². The summed E-state index contributed by atoms with van der Waals surface area (Å²) < 4.78 is 6.72. The molecule has 0 unspecified atom stereocenters. The number of hydrogen-bond acceptors (Lipinski definition) is 1. The number of para-hydroxylation sites is 3. The highest BCUT2D eigenvalue weighted by Gasteiger charge is 2.15. The minimum Gasteiger partial charge on any atom is -0.344 e. The van der Waals surface area contributed by atoms with Crippen LogP contribution in [0.15, 0.2) is 84.9 Å². The van der Waals surface area contributed by atoms with Gasteiger partial charge in [0.15, 0.2) is 0 Å². The van der Waals surface area contributed by atoms with Crippen LogP contribution in [0.3, 0.4) is 0 Å². The summed E-state index contributed by atoms with van der Waals surface area (Å²) in [6.45, 7) is 0. The van der Waals surface area contributed by atoms with Crippen LogP contribution in [-0.4, -0.2) is 18.5 Å². The molecule has 31 heavy (non-hydrogen) atoms. The second-order valence-corrected chi connectivity index (χ2v) is 8.31. The Balaban J connectivity index is 1.53. The first-order chi connectivity index (χ1) is 15.2. The normalized spacial score (nSPS) is 12.2. The summed E-state index contributed by atoms with van der Waals surface area (Å²) in [5.74, 6) is 0.970. The highest BCUT2D eigenvalue weighted by atomic mass is 15.2. The monoisotopic (exact) mass is 400 g/mol. The van der Waals surface area contributed by atoms with E-state index >= 15 is 0 Å². The zero-order chi connectivity index (χ0) is 20.7. The van der Waals surface area contributed by atoms with Gasteiger partial charge in [-0.3, -0.25) is 4.40 Å². The molecule has 0 fully saturated rings. The van der Waals surface area contributed by atoms with E-state index in [1.807, 2.05) is 6.07 Å². The van der Waals surface area contributed by atoms with Crippen LogP contribution in [0.1, 0.15) is 0 Å². The van der Waals surface area contributed by atoms with E-state index in [0.29, 0.717) is 0 Å². The van der Waals surface area contributed by atoms with E-state index in [1.54, 1.807) is 0 Å². The number of aromatic nitrogens is 4. The Morgan fingerprint density at radius 2 is 1.23 bits per heavy atom. The van der Waals surface area contributed by atoms with E-state index in [0.717, 1.165) is 16.8 Å². The second-order valence-electron chi connectivity index (χ2n) is 8.31. The number of imidazole rings is 2. The standard InChI is InChI=1S/C27H20N4/c1-29-22-9-5-3-7-19(22)20-15-17(11-13-23(20)29)18-12-14-25-26(16-18)31-24-10-6-4-8-21(24)28-27(31)30(25)2/h3-16H,1-2H3. The largest absolute Gasteiger partial charge is 0.344 e. The topological polar surface area (TPSA) is 27.2 Å². The number of fused-ring (bicyclic) bond motifs is 8. The van der Waals surface area contributed by atoms with Crippen LogP contribution in [-0.2, 0) is 14.1 Å². The van der Waals surface area contributed by atoms with Crippen molar-refractivity contribution in [3.05, 3.63) is 84.9 Å². The average Bonchev–Trinajstić information content (AvgIpc) is 3.43. The predicted molar refractivity (Wildman–Crippen MR) is 129 cm³/mol. The zero-order valence-corrected chi connectivity index (χ0v) is 17.4. The Morgan fingerprint density at radius 1 is 0.548 bits per heavy atom. The van der Waals surface area contributed by atoms with E-state index in [-0.39, 0.29) is 0 Å². The molecular weight excluding hydrogens is 380 g/mol. The summed E-state index contributed by atoms with van der Waals surface area (Å²) in [5, 5.41) is 2.59. The summed E-state index contributed by atoms with van der Waals surface area (Å²) in [7, 11) is 4.23. The molecule has 0 radical (unpaired) electrons. The van der Waals surface area contributed by atoms with Crippen LogP contribution in [0.2, 0.25) is 0 Å². The van der Waals surface area contributed by atoms with Crippen molar-refractivity contribution in [2.45, 2.75) is 0 Å². The molecule has 3 heterocycles. The number of benzene rings is 4. The molecule has 0 saturated heterocycles. The summed E-state index contributed by atoms with van der Waals surface area (Å²) in [6, 6.07) is 30.5. The van der Waals surface area contributed by atoms with Crippen molar-refractivity contribution in [1.29, 1.82) is 0 Å². The molecule has 0 amide bonds. The molecule has 0 atom stereocenters. The van der Waals surface area contributed by atoms with Crippen LogP contribution in [0, 0.1) is 0 Å². The molecule has 0 N–H and O–H groups in total. The molecule has 0 aliphatic heterocycles. The van der Waals surface area contributed by atoms with Gasteiger partial charge in [0.1, 0.15) is 0 Å². The Kier molecular flexibility index (Phi) is 3.11. The number of hydrogen-bond donors (Lipinski definition) is 0. The van der Waals surface area contributed by atoms with Crippen LogP contribution >= 0.6 is 0 Å². The molecule has 4 heteroatoms. The summed E-state index contributed by atoms with van der Waals surface area (Å²) in [5.41, 5.74) is 9.50. The van der Waals surface area contributed by atoms with E-state index in [1.165, 1.54) is 44.0 Å². The van der Waals surface area contributed by atoms with Gasteiger partial charge >= 0.3 is 0 Å². The van der Waals surface area contributed by atoms with Gasteiger partial charge in [-0.25, -0.2) is 4.98 Å². The van der Waals surface area contributed by atoms with Crippen molar-refractivity contribution in [2.75, 3.05) is 0 Å². The third-order valence-electron chi connectivity index (χ3n) is 6.67. The zero-order valence-electron chi connectivity index (χ0n) is 17.4. The predicted octanol–water partition coefficient (Wildman–Crippen LogP) is 6.29. The molecule has 0 spiro atoms. The number of aryl methyl sites for hydroxylation is 2. The molecule has 0 aliphatic rings. The van der Waals surface area contributed by atoms with E-state index < -0.39 is 0 Å². The molecule has 0 aliphatic carbocycles. The van der Waals surface area contributed by atoms with Gasteiger partial charge in [0.25, 0.3) is 0 Å². The summed E-state index contributed by atoms with van der Waals surface area (Å²) in [6.07, 6.45) is 0. The first kappa shape index (κ1) is 16.7. The Bertz CT molecular complexity index is 1810. The van der Waals surface area contributed by atoms with Crippen molar-refractivity contribution in [2.24, 2.45) is 14.1 Å². The lowest BCUT2D eigenvalue weighted by Gasteiger charge is -2.05. The third kappa shape index (κ3) is 2.11. The van der Waals surface area contributed by atoms with E-state index in [2.05, 4.69) is 106 Å². The smallest absolute Gasteiger partial charge is 0.215 e. The summed E-state index contributed by atoms with van der Waals surface area (Å²) >= 11 is 0. The molecular formula is C27H20N4. The lowest BCUT2D eigenvalue weighted by molar-refractivity contribution is 0.974. The SMILES string of the molecule is Cn1c2ccccc2c2cc(-c3ccc4c(c3)n3c5ccccc5nc3n4C)ccc21. The molecule has 3 aromatic heterocycles. The Morgan fingerprint density at radius 3 is 2.10 bits per heavy atom. The third-order valence-corrected chi connectivity index (χ3v) is 6.67. The molecule has 4 aromatic carbocycles. The molecule has 7 aromatic rings. The van der Waals surface area contributed by atoms with E-state index in [9.17, 15) is 0 Å². The van der Waals surface area contributed by atoms with Crippen molar-refractivity contribution < 1.29 is 0 Å². The maximum Gasteiger partial charge on any atom is 0.215 e. The van der Waals surface area contributed by atoms with Crippen LogP contribution < -0.4 is 0 Å². The minimum atomic E-state index is 0.970. The van der Waals surface area contributed by atoms with Gasteiger partial charge < -0.3 is 9.13 Å². The molecule has 0 saturated carbocycles. The van der Waals surface area contributed by atoms with Gasteiger partial charge in [0, 0.05) is 35.9 Å². The lowest BCUT2D eigenvalue weighted by atomic mass is 10.0. The van der Waals surface area contributed by atoms with Crippen molar-refractivity contribution >= 4 is 49.7 Å². The van der Waals surface area contributed by atoms with Gasteiger partial charge in [-0.15, -0.1) is 0 Å². The van der Waals surface area contributed by atoms with Gasteiger partial charge in [-0.2, -0.15) is 0 Å². The Hall–Kier alpha value is -4.05. The highest BCUT2D eigenvalue weighted by molar-refractivity contribution is 6.09. The number of rotatable bonds is 1. The number of nitrogens with zero attached hydrogens (tertiary/aromatic N) is 4. The maximum atomic E-state index is 4.86. The quantitative estimate of drug-likeness (QED) is 0.318. The fourth-order valence-corrected chi connectivity index (χ4v) is 5.10. The van der Waals surface area contributed by atoms with Gasteiger partial charge in [0.2, 0.25) is 5.78 Å². The molecule has 7 rings (SSSR count). The van der Waals surface area contributed by atoms with Crippen LogP contribution in [0.25, 0.3) is 60.8 Å². The Labute approximate surface area is 178 Å². The second kappa shape index (κ2) is 5.76. The van der Waals surface area contributed by atoms with Crippen molar-refractivity contribution in [3.8, 4) is 11.1 Å². The van der Waals surface area contributed by atoms with Gasteiger partial charge in [-0.05, 0) is 53.6 Å². The minimum absolute atomic E-state index is 0.970. The van der Waals surface area contributed by atoms with Crippen LogP contribution in [0.4, 0.5) is 0 Å². The first-order valence-corrected chi connectivity index (χ1v) is 10.5. The van der Waals surface area contributed by atoms with Crippen molar-refractivity contribution in [1.82, 2.24) is 18.5 Å². The lowest BCUT2D eigenvalue weighted by Crippen LogP contribution is -1.88.